The average Bonchev–Trinajstić information content (AvgIpc) is 2.92. The Kier molecular flexibility index (Phi) is 3.17. The first-order chi connectivity index (χ1) is 10.1. The van der Waals surface area contributed by atoms with Crippen molar-refractivity contribution in [2.45, 2.75) is 6.42 Å². The summed E-state index contributed by atoms with van der Waals surface area (Å²) in [6.45, 7) is 0.563. The summed E-state index contributed by atoms with van der Waals surface area (Å²) in [6.07, 6.45) is 0.727. The molecule has 0 radical (unpaired) electrons. The highest BCUT2D eigenvalue weighted by molar-refractivity contribution is 6.09. The minimum absolute atomic E-state index is 0.0864. The van der Waals surface area contributed by atoms with E-state index in [4.69, 9.17) is 10.5 Å². The number of amides is 1. The van der Waals surface area contributed by atoms with Crippen molar-refractivity contribution in [2.75, 3.05) is 24.3 Å². The van der Waals surface area contributed by atoms with Crippen LogP contribution in [0.25, 0.3) is 0 Å². The van der Waals surface area contributed by atoms with Gasteiger partial charge in [-0.2, -0.15) is 0 Å². The van der Waals surface area contributed by atoms with Crippen molar-refractivity contribution in [3.63, 3.8) is 0 Å². The topological polar surface area (TPSA) is 75.8 Å². The highest BCUT2D eigenvalue weighted by atomic mass is 16.5. The van der Waals surface area contributed by atoms with Gasteiger partial charge < -0.3 is 20.5 Å². The van der Waals surface area contributed by atoms with E-state index in [1.807, 2.05) is 18.2 Å². The normalized spacial score (nSPS) is 13.1. The highest BCUT2D eigenvalue weighted by Crippen LogP contribution is 2.34. The maximum Gasteiger partial charge on any atom is 0.262 e. The van der Waals surface area contributed by atoms with Gasteiger partial charge in [-0.3, -0.25) is 4.79 Å². The number of nitrogens with zero attached hydrogens (tertiary/aromatic N) is 1. The zero-order chi connectivity index (χ0) is 15.0. The van der Waals surface area contributed by atoms with Crippen LogP contribution in [0.5, 0.6) is 11.5 Å². The Morgan fingerprint density at radius 1 is 1.33 bits per heavy atom. The van der Waals surface area contributed by atoms with Gasteiger partial charge in [-0.05, 0) is 30.7 Å². The fourth-order valence-electron chi connectivity index (χ4n) is 2.64. The Bertz CT molecular complexity index is 713. The van der Waals surface area contributed by atoms with Crippen LogP contribution in [0, 0.1) is 0 Å². The first-order valence-corrected chi connectivity index (χ1v) is 6.68. The number of fused-ring (bicyclic) bond motifs is 1. The van der Waals surface area contributed by atoms with Crippen molar-refractivity contribution in [1.29, 1.82) is 0 Å². The Hall–Kier alpha value is -2.69. The second-order valence-electron chi connectivity index (χ2n) is 4.93. The number of phenols is 1. The number of carbonyl (C=O) groups is 1. The molecule has 0 atom stereocenters. The molecular formula is C16H16N2O3. The lowest BCUT2D eigenvalue weighted by molar-refractivity contribution is 0.0987. The van der Waals surface area contributed by atoms with Gasteiger partial charge in [0, 0.05) is 29.5 Å². The summed E-state index contributed by atoms with van der Waals surface area (Å²) in [5, 5.41) is 10.0. The lowest BCUT2D eigenvalue weighted by atomic mass is 10.1. The Labute approximate surface area is 122 Å². The molecule has 0 saturated heterocycles. The van der Waals surface area contributed by atoms with Gasteiger partial charge in [0.1, 0.15) is 11.5 Å². The van der Waals surface area contributed by atoms with Gasteiger partial charge in [0.25, 0.3) is 5.91 Å². The number of nitrogens with two attached hydrogens (primary N) is 1. The van der Waals surface area contributed by atoms with Crippen LogP contribution >= 0.6 is 0 Å². The second-order valence-corrected chi connectivity index (χ2v) is 4.93. The SMILES string of the molecule is COc1ccc(C(=O)N2CCc3c(N)cccc32)c(O)c1. The average molecular weight is 284 g/mol. The van der Waals surface area contributed by atoms with Crippen LogP contribution in [0.2, 0.25) is 0 Å². The Morgan fingerprint density at radius 3 is 2.86 bits per heavy atom. The number of nitrogen functional groups attached to an aromatic ring is 1. The minimum atomic E-state index is -0.237. The van der Waals surface area contributed by atoms with Crippen LogP contribution in [-0.4, -0.2) is 24.7 Å². The first-order valence-electron chi connectivity index (χ1n) is 6.68. The maximum atomic E-state index is 12.6. The molecule has 1 aliphatic rings. The van der Waals surface area contributed by atoms with Crippen LogP contribution in [0.15, 0.2) is 36.4 Å². The van der Waals surface area contributed by atoms with E-state index in [1.165, 1.54) is 13.2 Å². The standard InChI is InChI=1S/C16H16N2O3/c1-21-10-5-6-12(15(19)9-10)16(20)18-8-7-11-13(17)3-2-4-14(11)18/h2-6,9,19H,7-8,17H2,1H3. The summed E-state index contributed by atoms with van der Waals surface area (Å²) in [5.41, 5.74) is 8.69. The predicted molar refractivity (Wildman–Crippen MR) is 80.9 cm³/mol. The van der Waals surface area contributed by atoms with E-state index in [0.717, 1.165) is 17.7 Å². The molecule has 2 aromatic rings. The highest BCUT2D eigenvalue weighted by Gasteiger charge is 2.28. The van der Waals surface area contributed by atoms with E-state index in [-0.39, 0.29) is 17.2 Å². The fourth-order valence-corrected chi connectivity index (χ4v) is 2.64. The molecule has 21 heavy (non-hydrogen) atoms. The van der Waals surface area contributed by atoms with E-state index < -0.39 is 0 Å². The molecule has 5 heteroatoms. The number of benzene rings is 2. The van der Waals surface area contributed by atoms with Crippen molar-refractivity contribution in [3.05, 3.63) is 47.5 Å². The third-order valence-electron chi connectivity index (χ3n) is 3.74. The van der Waals surface area contributed by atoms with Crippen LogP contribution in [0.1, 0.15) is 15.9 Å². The number of hydrogen-bond acceptors (Lipinski definition) is 4. The summed E-state index contributed by atoms with van der Waals surface area (Å²) in [6, 6.07) is 10.2. The maximum absolute atomic E-state index is 12.6. The van der Waals surface area contributed by atoms with Crippen LogP contribution < -0.4 is 15.4 Å². The summed E-state index contributed by atoms with van der Waals surface area (Å²) < 4.78 is 5.03. The number of hydrogen-bond donors (Lipinski definition) is 2. The number of carbonyl (C=O) groups excluding carboxylic acids is 1. The summed E-state index contributed by atoms with van der Waals surface area (Å²) in [5.74, 6) is 0.186. The fraction of sp³-hybridized carbons (Fsp3) is 0.188. The molecule has 0 bridgehead atoms. The van der Waals surface area contributed by atoms with E-state index in [0.29, 0.717) is 18.0 Å². The van der Waals surface area contributed by atoms with Crippen molar-refractivity contribution >= 4 is 17.3 Å². The number of phenolic OH excluding ortho intramolecular Hbond substituents is 1. The predicted octanol–water partition coefficient (Wildman–Crippen LogP) is 2.19. The molecule has 1 heterocycles. The van der Waals surface area contributed by atoms with Gasteiger partial charge in [-0.1, -0.05) is 6.07 Å². The number of ether oxygens (including phenoxy) is 1. The smallest absolute Gasteiger partial charge is 0.262 e. The molecule has 0 fully saturated rings. The number of methoxy groups -OCH3 is 1. The quantitative estimate of drug-likeness (QED) is 0.829. The molecule has 108 valence electrons. The number of aromatic hydroxyl groups is 1. The van der Waals surface area contributed by atoms with E-state index >= 15 is 0 Å². The second kappa shape index (κ2) is 5.01. The molecule has 5 nitrogen and oxygen atoms in total. The van der Waals surface area contributed by atoms with Crippen LogP contribution in [0.4, 0.5) is 11.4 Å². The van der Waals surface area contributed by atoms with Crippen LogP contribution in [-0.2, 0) is 6.42 Å². The van der Waals surface area contributed by atoms with Gasteiger partial charge in [0.05, 0.1) is 12.7 Å². The molecule has 0 unspecified atom stereocenters. The summed E-state index contributed by atoms with van der Waals surface area (Å²) >= 11 is 0. The molecule has 3 N–H and O–H groups in total. The van der Waals surface area contributed by atoms with Crippen molar-refractivity contribution < 1.29 is 14.6 Å². The number of rotatable bonds is 2. The molecule has 1 amide bonds. The van der Waals surface area contributed by atoms with Gasteiger partial charge in [0.15, 0.2) is 0 Å². The Balaban J connectivity index is 1.97. The van der Waals surface area contributed by atoms with E-state index in [2.05, 4.69) is 0 Å². The minimum Gasteiger partial charge on any atom is -0.507 e. The lowest BCUT2D eigenvalue weighted by Gasteiger charge is -2.18. The van der Waals surface area contributed by atoms with Crippen molar-refractivity contribution in [2.24, 2.45) is 0 Å². The zero-order valence-corrected chi connectivity index (χ0v) is 11.7. The summed E-state index contributed by atoms with van der Waals surface area (Å²) in [7, 11) is 1.51. The van der Waals surface area contributed by atoms with Gasteiger partial charge >= 0.3 is 0 Å². The molecule has 1 aliphatic heterocycles. The van der Waals surface area contributed by atoms with E-state index in [9.17, 15) is 9.90 Å². The van der Waals surface area contributed by atoms with E-state index in [1.54, 1.807) is 17.0 Å². The third kappa shape index (κ3) is 2.16. The van der Waals surface area contributed by atoms with Gasteiger partial charge in [-0.25, -0.2) is 0 Å². The summed E-state index contributed by atoms with van der Waals surface area (Å²) in [4.78, 5) is 14.3. The van der Waals surface area contributed by atoms with Crippen LogP contribution in [0.3, 0.4) is 0 Å². The Morgan fingerprint density at radius 2 is 2.14 bits per heavy atom. The zero-order valence-electron chi connectivity index (χ0n) is 11.7. The third-order valence-corrected chi connectivity index (χ3v) is 3.74. The first kappa shape index (κ1) is 13.3. The molecule has 2 aromatic carbocycles. The monoisotopic (exact) mass is 284 g/mol. The molecule has 0 aliphatic carbocycles. The van der Waals surface area contributed by atoms with Crippen molar-refractivity contribution in [3.8, 4) is 11.5 Å². The van der Waals surface area contributed by atoms with Gasteiger partial charge in [0.2, 0.25) is 0 Å². The lowest BCUT2D eigenvalue weighted by Crippen LogP contribution is -2.28. The van der Waals surface area contributed by atoms with Crippen molar-refractivity contribution in [1.82, 2.24) is 0 Å². The molecule has 0 aromatic heterocycles. The number of anilines is 2. The largest absolute Gasteiger partial charge is 0.507 e. The molecule has 0 spiro atoms. The molecule has 3 rings (SSSR count). The molecular weight excluding hydrogens is 268 g/mol. The molecule has 0 saturated carbocycles. The van der Waals surface area contributed by atoms with Gasteiger partial charge in [-0.15, -0.1) is 0 Å².